The summed E-state index contributed by atoms with van der Waals surface area (Å²) in [5, 5.41) is 3.59. The first kappa shape index (κ1) is 17.7. The number of oxime groups is 1. The van der Waals surface area contributed by atoms with Gasteiger partial charge in [0.1, 0.15) is 5.82 Å². The minimum Gasteiger partial charge on any atom is -0.493 e. The molecule has 0 aliphatic carbocycles. The predicted molar refractivity (Wildman–Crippen MR) is 94.1 cm³/mol. The summed E-state index contributed by atoms with van der Waals surface area (Å²) in [7, 11) is 3.15. The summed E-state index contributed by atoms with van der Waals surface area (Å²) in [6.07, 6.45) is 1.26. The van der Waals surface area contributed by atoms with E-state index >= 15 is 0 Å². The number of benzene rings is 2. The maximum Gasteiger partial charge on any atom is 0.436 e. The molecule has 0 spiro atoms. The number of nitrogens with zero attached hydrogens (tertiary/aromatic N) is 2. The van der Waals surface area contributed by atoms with Crippen molar-refractivity contribution in [3.05, 3.63) is 58.9 Å². The number of hydrogen-bond acceptors (Lipinski definition) is 5. The van der Waals surface area contributed by atoms with Crippen molar-refractivity contribution in [2.24, 2.45) is 5.16 Å². The Morgan fingerprint density at radius 1 is 1.15 bits per heavy atom. The van der Waals surface area contributed by atoms with Crippen molar-refractivity contribution in [2.45, 2.75) is 13.0 Å². The van der Waals surface area contributed by atoms with Crippen LogP contribution < -0.4 is 9.47 Å². The molecule has 1 aliphatic rings. The van der Waals surface area contributed by atoms with Gasteiger partial charge in [-0.15, -0.1) is 0 Å². The minimum atomic E-state index is -0.585. The van der Waals surface area contributed by atoms with Gasteiger partial charge in [0, 0.05) is 18.7 Å². The fourth-order valence-electron chi connectivity index (χ4n) is 2.80. The molecule has 1 heterocycles. The lowest BCUT2D eigenvalue weighted by Crippen LogP contribution is -2.35. The number of halogens is 1. The summed E-state index contributed by atoms with van der Waals surface area (Å²) in [6.45, 7) is 0.875. The lowest BCUT2D eigenvalue weighted by atomic mass is 9.99. The predicted octanol–water partition coefficient (Wildman–Crippen LogP) is 3.37. The van der Waals surface area contributed by atoms with Crippen LogP contribution in [0, 0.1) is 5.82 Å². The third-order valence-electron chi connectivity index (χ3n) is 4.20. The number of amides is 1. The standard InChI is InChI=1S/C19H19FN2O4/c1-24-17-9-13-7-8-22(12-15(13)10-18(17)25-2)19(23)26-21-11-14-5-3-4-6-16(14)20/h3-6,9-11H,7-8,12H2,1-2H3/b21-11+. The Balaban J connectivity index is 1.66. The van der Waals surface area contributed by atoms with E-state index in [2.05, 4.69) is 5.16 Å². The molecule has 0 saturated heterocycles. The molecule has 0 bridgehead atoms. The quantitative estimate of drug-likeness (QED) is 0.478. The number of methoxy groups -OCH3 is 2. The molecular formula is C19H19FN2O4. The van der Waals surface area contributed by atoms with Crippen LogP contribution >= 0.6 is 0 Å². The van der Waals surface area contributed by atoms with E-state index < -0.39 is 11.9 Å². The van der Waals surface area contributed by atoms with Crippen LogP contribution in [0.5, 0.6) is 11.5 Å². The van der Waals surface area contributed by atoms with Gasteiger partial charge in [-0.3, -0.25) is 4.84 Å². The van der Waals surface area contributed by atoms with Crippen LogP contribution in [0.25, 0.3) is 0 Å². The summed E-state index contributed by atoms with van der Waals surface area (Å²) >= 11 is 0. The smallest absolute Gasteiger partial charge is 0.436 e. The zero-order valence-electron chi connectivity index (χ0n) is 14.6. The Hall–Kier alpha value is -3.09. The lowest BCUT2D eigenvalue weighted by molar-refractivity contribution is 0.101. The van der Waals surface area contributed by atoms with E-state index in [0.717, 1.165) is 11.1 Å². The summed E-state index contributed by atoms with van der Waals surface area (Å²) in [5.41, 5.74) is 2.31. The topological polar surface area (TPSA) is 60.4 Å². The molecule has 2 aromatic carbocycles. The number of rotatable bonds is 4. The van der Waals surface area contributed by atoms with Gasteiger partial charge in [-0.2, -0.15) is 0 Å². The van der Waals surface area contributed by atoms with Crippen molar-refractivity contribution < 1.29 is 23.5 Å². The largest absolute Gasteiger partial charge is 0.493 e. The van der Waals surface area contributed by atoms with Crippen molar-refractivity contribution in [1.29, 1.82) is 0 Å². The van der Waals surface area contributed by atoms with E-state index in [1.807, 2.05) is 12.1 Å². The Bertz CT molecular complexity index is 838. The van der Waals surface area contributed by atoms with Crippen LogP contribution in [0.1, 0.15) is 16.7 Å². The Labute approximate surface area is 150 Å². The normalized spacial score (nSPS) is 13.4. The van der Waals surface area contributed by atoms with Crippen LogP contribution in [0.15, 0.2) is 41.6 Å². The maximum absolute atomic E-state index is 13.5. The van der Waals surface area contributed by atoms with Crippen molar-refractivity contribution in [1.82, 2.24) is 4.90 Å². The second-order valence-electron chi connectivity index (χ2n) is 5.76. The average Bonchev–Trinajstić information content (AvgIpc) is 2.67. The fraction of sp³-hybridized carbons (Fsp3) is 0.263. The highest BCUT2D eigenvalue weighted by Gasteiger charge is 2.24. The monoisotopic (exact) mass is 358 g/mol. The highest BCUT2D eigenvalue weighted by molar-refractivity contribution is 5.80. The molecule has 136 valence electrons. The molecule has 6 nitrogen and oxygen atoms in total. The molecule has 1 amide bonds. The number of carbonyl (C=O) groups is 1. The summed E-state index contributed by atoms with van der Waals surface area (Å²) in [4.78, 5) is 18.6. The fourth-order valence-corrected chi connectivity index (χ4v) is 2.80. The van der Waals surface area contributed by atoms with Crippen molar-refractivity contribution in [2.75, 3.05) is 20.8 Å². The molecule has 0 radical (unpaired) electrons. The molecule has 7 heteroatoms. The van der Waals surface area contributed by atoms with Gasteiger partial charge in [0.25, 0.3) is 0 Å². The number of ether oxygens (including phenoxy) is 2. The Kier molecular flexibility index (Phi) is 5.36. The second kappa shape index (κ2) is 7.86. The van der Waals surface area contributed by atoms with Crippen LogP contribution in [0.4, 0.5) is 9.18 Å². The van der Waals surface area contributed by atoms with E-state index in [9.17, 15) is 9.18 Å². The third kappa shape index (κ3) is 3.77. The third-order valence-corrected chi connectivity index (χ3v) is 4.20. The lowest BCUT2D eigenvalue weighted by Gasteiger charge is -2.27. The molecule has 3 rings (SSSR count). The SMILES string of the molecule is COc1cc2c(cc1OC)CN(C(=O)O/N=C/c1ccccc1F)CC2. The van der Waals surface area contributed by atoms with Gasteiger partial charge >= 0.3 is 6.09 Å². The van der Waals surface area contributed by atoms with Gasteiger partial charge in [-0.1, -0.05) is 23.4 Å². The van der Waals surface area contributed by atoms with Gasteiger partial charge in [0.2, 0.25) is 0 Å². The molecular weight excluding hydrogens is 339 g/mol. The van der Waals surface area contributed by atoms with Crippen LogP contribution in [-0.2, 0) is 17.8 Å². The van der Waals surface area contributed by atoms with E-state index in [1.54, 1.807) is 32.4 Å². The first-order valence-electron chi connectivity index (χ1n) is 8.10. The molecule has 1 aliphatic heterocycles. The maximum atomic E-state index is 13.5. The average molecular weight is 358 g/mol. The molecule has 26 heavy (non-hydrogen) atoms. The van der Waals surface area contributed by atoms with Crippen molar-refractivity contribution in [3.8, 4) is 11.5 Å². The molecule has 0 fully saturated rings. The van der Waals surface area contributed by atoms with Gasteiger partial charge in [-0.25, -0.2) is 9.18 Å². The second-order valence-corrected chi connectivity index (χ2v) is 5.76. The zero-order valence-corrected chi connectivity index (χ0v) is 14.6. The van der Waals surface area contributed by atoms with E-state index in [1.165, 1.54) is 17.2 Å². The zero-order chi connectivity index (χ0) is 18.5. The summed E-state index contributed by atoms with van der Waals surface area (Å²) < 4.78 is 24.1. The number of fused-ring (bicyclic) bond motifs is 1. The molecule has 2 aromatic rings. The van der Waals surface area contributed by atoms with Gasteiger partial charge in [-0.05, 0) is 35.7 Å². The summed E-state index contributed by atoms with van der Waals surface area (Å²) in [5.74, 6) is 0.844. The molecule has 0 unspecified atom stereocenters. The first-order chi connectivity index (χ1) is 12.6. The highest BCUT2D eigenvalue weighted by Crippen LogP contribution is 2.33. The van der Waals surface area contributed by atoms with Crippen molar-refractivity contribution >= 4 is 12.3 Å². The van der Waals surface area contributed by atoms with Crippen molar-refractivity contribution in [3.63, 3.8) is 0 Å². The minimum absolute atomic E-state index is 0.251. The first-order valence-corrected chi connectivity index (χ1v) is 8.10. The summed E-state index contributed by atoms with van der Waals surface area (Å²) in [6, 6.07) is 9.89. The van der Waals surface area contributed by atoms with Crippen LogP contribution in [0.3, 0.4) is 0 Å². The van der Waals surface area contributed by atoms with Gasteiger partial charge < -0.3 is 14.4 Å². The van der Waals surface area contributed by atoms with E-state index in [-0.39, 0.29) is 5.56 Å². The molecule has 0 aromatic heterocycles. The highest BCUT2D eigenvalue weighted by atomic mass is 19.1. The Morgan fingerprint density at radius 2 is 1.85 bits per heavy atom. The molecule has 0 atom stereocenters. The van der Waals surface area contributed by atoms with Crippen LogP contribution in [-0.4, -0.2) is 38.0 Å². The number of hydrogen-bond donors (Lipinski definition) is 0. The van der Waals surface area contributed by atoms with Gasteiger partial charge in [0.05, 0.1) is 20.4 Å². The van der Waals surface area contributed by atoms with E-state index in [0.29, 0.717) is 31.0 Å². The number of carbonyl (C=O) groups excluding carboxylic acids is 1. The van der Waals surface area contributed by atoms with Gasteiger partial charge in [0.15, 0.2) is 11.5 Å². The van der Waals surface area contributed by atoms with E-state index in [4.69, 9.17) is 14.3 Å². The molecule has 0 N–H and O–H groups in total. The Morgan fingerprint density at radius 3 is 2.54 bits per heavy atom. The molecule has 0 saturated carbocycles. The van der Waals surface area contributed by atoms with Crippen LogP contribution in [0.2, 0.25) is 0 Å².